The maximum Gasteiger partial charge on any atom is 0.264 e. The number of rotatable bonds is 7. The number of nitrogens with zero attached hydrogens (tertiary/aromatic N) is 2. The van der Waals surface area contributed by atoms with E-state index in [0.717, 1.165) is 0 Å². The molecular formula is C20H18BrClN4O4S. The van der Waals surface area contributed by atoms with Crippen molar-refractivity contribution in [3.05, 3.63) is 69.4 Å². The first kappa shape index (κ1) is 23.0. The van der Waals surface area contributed by atoms with Gasteiger partial charge >= 0.3 is 0 Å². The van der Waals surface area contributed by atoms with Crippen LogP contribution in [-0.2, 0) is 14.8 Å². The van der Waals surface area contributed by atoms with Crippen molar-refractivity contribution in [2.24, 2.45) is 0 Å². The lowest BCUT2D eigenvalue weighted by Crippen LogP contribution is -2.20. The molecule has 3 aromatic rings. The van der Waals surface area contributed by atoms with Gasteiger partial charge in [0.25, 0.3) is 15.9 Å². The first-order chi connectivity index (χ1) is 14.6. The third-order valence-electron chi connectivity index (χ3n) is 3.91. The van der Waals surface area contributed by atoms with Gasteiger partial charge in [-0.05, 0) is 78.3 Å². The Kier molecular flexibility index (Phi) is 7.14. The molecule has 3 rings (SSSR count). The van der Waals surface area contributed by atoms with E-state index in [1.807, 2.05) is 0 Å². The van der Waals surface area contributed by atoms with Crippen LogP contribution in [0.4, 0.5) is 11.6 Å². The number of anilines is 2. The van der Waals surface area contributed by atoms with Crippen molar-refractivity contribution in [2.45, 2.75) is 18.7 Å². The molecule has 0 spiro atoms. The molecule has 0 fully saturated rings. The van der Waals surface area contributed by atoms with Crippen molar-refractivity contribution in [1.82, 2.24) is 9.97 Å². The minimum absolute atomic E-state index is 0.000360. The molecule has 31 heavy (non-hydrogen) atoms. The molecule has 8 nitrogen and oxygen atoms in total. The molecule has 0 aliphatic heterocycles. The summed E-state index contributed by atoms with van der Waals surface area (Å²) >= 11 is 9.18. The van der Waals surface area contributed by atoms with E-state index in [-0.39, 0.29) is 17.5 Å². The van der Waals surface area contributed by atoms with Crippen molar-refractivity contribution in [2.75, 3.05) is 16.6 Å². The summed E-state index contributed by atoms with van der Waals surface area (Å²) in [6.07, 6.45) is 0. The van der Waals surface area contributed by atoms with Gasteiger partial charge in [0.1, 0.15) is 5.75 Å². The third-order valence-corrected chi connectivity index (χ3v) is 6.11. The van der Waals surface area contributed by atoms with E-state index in [9.17, 15) is 13.2 Å². The SMILES string of the molecule is Cc1cc(C)nc(NS(=O)(=O)c2ccc(NC(=O)COc3ccc(Cl)cc3Br)cc2)n1. The van der Waals surface area contributed by atoms with Crippen LogP contribution in [0.25, 0.3) is 0 Å². The van der Waals surface area contributed by atoms with E-state index >= 15 is 0 Å². The zero-order valence-corrected chi connectivity index (χ0v) is 19.7. The average molecular weight is 526 g/mol. The summed E-state index contributed by atoms with van der Waals surface area (Å²) in [5.74, 6) is 0.0697. The second-order valence-corrected chi connectivity index (χ2v) is 9.49. The molecule has 0 radical (unpaired) electrons. The highest BCUT2D eigenvalue weighted by Gasteiger charge is 2.16. The average Bonchev–Trinajstić information content (AvgIpc) is 2.66. The molecule has 1 amide bonds. The van der Waals surface area contributed by atoms with Gasteiger partial charge in [-0.15, -0.1) is 0 Å². The molecule has 0 unspecified atom stereocenters. The molecule has 11 heteroatoms. The number of carbonyl (C=O) groups is 1. The predicted octanol–water partition coefficient (Wildman–Crippen LogP) is 4.33. The normalized spacial score (nSPS) is 11.1. The smallest absolute Gasteiger partial charge is 0.264 e. The third kappa shape index (κ3) is 6.39. The van der Waals surface area contributed by atoms with Gasteiger partial charge in [-0.1, -0.05) is 11.6 Å². The van der Waals surface area contributed by atoms with Gasteiger partial charge < -0.3 is 10.1 Å². The summed E-state index contributed by atoms with van der Waals surface area (Å²) in [5, 5.41) is 3.18. The maximum atomic E-state index is 12.6. The number of carbonyl (C=O) groups excluding carboxylic acids is 1. The van der Waals surface area contributed by atoms with E-state index in [2.05, 4.69) is 35.9 Å². The monoisotopic (exact) mass is 524 g/mol. The van der Waals surface area contributed by atoms with Crippen LogP contribution in [0.2, 0.25) is 5.02 Å². The van der Waals surface area contributed by atoms with Gasteiger partial charge in [-0.2, -0.15) is 0 Å². The van der Waals surface area contributed by atoms with Crippen LogP contribution in [0.3, 0.4) is 0 Å². The molecular weight excluding hydrogens is 508 g/mol. The summed E-state index contributed by atoms with van der Waals surface area (Å²) in [7, 11) is -3.88. The maximum absolute atomic E-state index is 12.6. The summed E-state index contributed by atoms with van der Waals surface area (Å²) in [5.41, 5.74) is 1.72. The lowest BCUT2D eigenvalue weighted by Gasteiger charge is -2.10. The number of hydrogen-bond acceptors (Lipinski definition) is 6. The molecule has 0 saturated carbocycles. The largest absolute Gasteiger partial charge is 0.483 e. The number of halogens is 2. The first-order valence-corrected chi connectivity index (χ1v) is 11.6. The molecule has 0 aliphatic rings. The zero-order chi connectivity index (χ0) is 22.6. The van der Waals surface area contributed by atoms with Crippen molar-refractivity contribution < 1.29 is 17.9 Å². The van der Waals surface area contributed by atoms with Crippen LogP contribution < -0.4 is 14.8 Å². The summed E-state index contributed by atoms with van der Waals surface area (Å²) in [6, 6.07) is 12.4. The highest BCUT2D eigenvalue weighted by Crippen LogP contribution is 2.28. The van der Waals surface area contributed by atoms with E-state index in [1.165, 1.54) is 24.3 Å². The standard InChI is InChI=1S/C20H18BrClN4O4S/c1-12-9-13(2)24-20(23-12)26-31(28,29)16-6-4-15(5-7-16)25-19(27)11-30-18-8-3-14(22)10-17(18)21/h3-10H,11H2,1-2H3,(H,25,27)(H,23,24,26). The van der Waals surface area contributed by atoms with Gasteiger partial charge in [-0.3, -0.25) is 4.79 Å². The Hall–Kier alpha value is -2.69. The topological polar surface area (TPSA) is 110 Å². The minimum atomic E-state index is -3.88. The van der Waals surface area contributed by atoms with Crippen molar-refractivity contribution in [3.8, 4) is 5.75 Å². The predicted molar refractivity (Wildman–Crippen MR) is 122 cm³/mol. The van der Waals surface area contributed by atoms with Gasteiger partial charge in [0, 0.05) is 22.1 Å². The summed E-state index contributed by atoms with van der Waals surface area (Å²) < 4.78 is 33.6. The van der Waals surface area contributed by atoms with Crippen LogP contribution in [0.15, 0.2) is 57.9 Å². The summed E-state index contributed by atoms with van der Waals surface area (Å²) in [6.45, 7) is 3.27. The number of hydrogen-bond donors (Lipinski definition) is 2. The second kappa shape index (κ2) is 9.63. The van der Waals surface area contributed by atoms with E-state index in [0.29, 0.717) is 32.3 Å². The Balaban J connectivity index is 1.61. The second-order valence-electron chi connectivity index (χ2n) is 6.52. The number of ether oxygens (including phenoxy) is 1. The quantitative estimate of drug-likeness (QED) is 0.475. The van der Waals surface area contributed by atoms with Crippen LogP contribution in [0, 0.1) is 13.8 Å². The Labute approximate surface area is 193 Å². The van der Waals surface area contributed by atoms with Gasteiger partial charge in [0.2, 0.25) is 5.95 Å². The van der Waals surface area contributed by atoms with E-state index in [4.69, 9.17) is 16.3 Å². The molecule has 0 bridgehead atoms. The van der Waals surface area contributed by atoms with Crippen molar-refractivity contribution in [3.63, 3.8) is 0 Å². The van der Waals surface area contributed by atoms with Crippen LogP contribution in [0.5, 0.6) is 5.75 Å². The van der Waals surface area contributed by atoms with Crippen LogP contribution >= 0.6 is 27.5 Å². The van der Waals surface area contributed by atoms with Gasteiger partial charge in [0.05, 0.1) is 9.37 Å². The van der Waals surface area contributed by atoms with Gasteiger partial charge in [0.15, 0.2) is 6.61 Å². The highest BCUT2D eigenvalue weighted by atomic mass is 79.9. The van der Waals surface area contributed by atoms with Crippen molar-refractivity contribution >= 4 is 55.1 Å². The molecule has 0 atom stereocenters. The zero-order valence-electron chi connectivity index (χ0n) is 16.5. The Morgan fingerprint density at radius 1 is 1.06 bits per heavy atom. The number of sulfonamides is 1. The Morgan fingerprint density at radius 2 is 1.71 bits per heavy atom. The number of benzene rings is 2. The number of aryl methyl sites for hydroxylation is 2. The number of aromatic nitrogens is 2. The molecule has 2 N–H and O–H groups in total. The van der Waals surface area contributed by atoms with Crippen LogP contribution in [0.1, 0.15) is 11.4 Å². The minimum Gasteiger partial charge on any atom is -0.483 e. The van der Waals surface area contributed by atoms with Gasteiger partial charge in [-0.25, -0.2) is 23.1 Å². The fourth-order valence-electron chi connectivity index (χ4n) is 2.60. The Bertz CT molecular complexity index is 1200. The lowest BCUT2D eigenvalue weighted by molar-refractivity contribution is -0.118. The van der Waals surface area contributed by atoms with E-state index < -0.39 is 15.9 Å². The lowest BCUT2D eigenvalue weighted by atomic mass is 10.3. The molecule has 1 heterocycles. The van der Waals surface area contributed by atoms with Crippen LogP contribution in [-0.4, -0.2) is 30.9 Å². The molecule has 162 valence electrons. The number of amides is 1. The molecule has 0 aliphatic carbocycles. The number of nitrogens with one attached hydrogen (secondary N) is 2. The molecule has 0 saturated heterocycles. The molecule has 2 aromatic carbocycles. The highest BCUT2D eigenvalue weighted by molar-refractivity contribution is 9.10. The fraction of sp³-hybridized carbons (Fsp3) is 0.150. The molecule has 1 aromatic heterocycles. The van der Waals surface area contributed by atoms with Crippen molar-refractivity contribution in [1.29, 1.82) is 0 Å². The summed E-state index contributed by atoms with van der Waals surface area (Å²) in [4.78, 5) is 20.3. The fourth-order valence-corrected chi connectivity index (χ4v) is 4.34. The first-order valence-electron chi connectivity index (χ1n) is 8.95. The van der Waals surface area contributed by atoms with E-state index in [1.54, 1.807) is 38.1 Å². The Morgan fingerprint density at radius 3 is 2.32 bits per heavy atom.